The van der Waals surface area contributed by atoms with Gasteiger partial charge in [-0.15, -0.1) is 0 Å². The maximum absolute atomic E-state index is 4.44. The van der Waals surface area contributed by atoms with Gasteiger partial charge in [0.15, 0.2) is 5.65 Å². The first-order valence-corrected chi connectivity index (χ1v) is 5.37. The molecule has 0 aliphatic rings. The number of likely N-dealkylation sites (N-methyl/N-ethyl adjacent to an activating group) is 1. The average molecular weight is 219 g/mol. The Morgan fingerprint density at radius 3 is 3.00 bits per heavy atom. The first-order chi connectivity index (χ1) is 7.66. The van der Waals surface area contributed by atoms with Crippen molar-refractivity contribution in [2.75, 3.05) is 26.0 Å². The van der Waals surface area contributed by atoms with E-state index in [1.54, 1.807) is 10.7 Å². The molecule has 0 saturated carbocycles. The number of hydrogen-bond acceptors (Lipinski definition) is 4. The lowest BCUT2D eigenvalue weighted by molar-refractivity contribution is 0.326. The number of nitrogens with zero attached hydrogens (tertiary/aromatic N) is 4. The summed E-state index contributed by atoms with van der Waals surface area (Å²) in [6, 6.07) is 4.30. The summed E-state index contributed by atoms with van der Waals surface area (Å²) >= 11 is 0. The number of fused-ring (bicyclic) bond motifs is 1. The van der Waals surface area contributed by atoms with Crippen LogP contribution in [0.2, 0.25) is 0 Å². The van der Waals surface area contributed by atoms with Crippen LogP contribution in [0.3, 0.4) is 0 Å². The van der Waals surface area contributed by atoms with Gasteiger partial charge in [0.05, 0.1) is 6.20 Å². The van der Waals surface area contributed by atoms with Crippen molar-refractivity contribution >= 4 is 11.5 Å². The van der Waals surface area contributed by atoms with Crippen molar-refractivity contribution in [2.45, 2.75) is 13.0 Å². The predicted molar refractivity (Wildman–Crippen MR) is 64.6 cm³/mol. The van der Waals surface area contributed by atoms with Crippen molar-refractivity contribution in [1.29, 1.82) is 0 Å². The minimum atomic E-state index is 0.475. The summed E-state index contributed by atoms with van der Waals surface area (Å²) in [5.41, 5.74) is 0.863. The summed E-state index contributed by atoms with van der Waals surface area (Å²) in [7, 11) is 4.14. The van der Waals surface area contributed by atoms with Gasteiger partial charge in [-0.3, -0.25) is 0 Å². The maximum Gasteiger partial charge on any atom is 0.157 e. The van der Waals surface area contributed by atoms with E-state index in [1.165, 1.54) is 0 Å². The van der Waals surface area contributed by atoms with Crippen LogP contribution in [-0.2, 0) is 0 Å². The lowest BCUT2D eigenvalue weighted by atomic mass is 10.3. The molecule has 2 rings (SSSR count). The van der Waals surface area contributed by atoms with Gasteiger partial charge in [0.2, 0.25) is 0 Å². The quantitative estimate of drug-likeness (QED) is 0.836. The van der Waals surface area contributed by atoms with E-state index < -0.39 is 0 Å². The summed E-state index contributed by atoms with van der Waals surface area (Å²) in [6.45, 7) is 3.05. The normalized spacial score (nSPS) is 13.2. The first-order valence-electron chi connectivity index (χ1n) is 5.37. The SMILES string of the molecule is CC(CNc1ccn2nccc2n1)N(C)C. The molecule has 0 saturated heterocycles. The van der Waals surface area contributed by atoms with Gasteiger partial charge in [0, 0.05) is 24.8 Å². The van der Waals surface area contributed by atoms with E-state index in [1.807, 2.05) is 18.3 Å². The van der Waals surface area contributed by atoms with Crippen molar-refractivity contribution in [3.63, 3.8) is 0 Å². The van der Waals surface area contributed by atoms with Gasteiger partial charge in [-0.25, -0.2) is 9.50 Å². The van der Waals surface area contributed by atoms with Crippen LogP contribution >= 0.6 is 0 Å². The Morgan fingerprint density at radius 1 is 1.44 bits per heavy atom. The summed E-state index contributed by atoms with van der Waals surface area (Å²) < 4.78 is 1.75. The van der Waals surface area contributed by atoms with Crippen LogP contribution in [0.5, 0.6) is 0 Å². The molecule has 2 aromatic heterocycles. The second-order valence-electron chi connectivity index (χ2n) is 4.14. The van der Waals surface area contributed by atoms with E-state index in [0.717, 1.165) is 18.0 Å². The molecule has 16 heavy (non-hydrogen) atoms. The van der Waals surface area contributed by atoms with Crippen molar-refractivity contribution in [1.82, 2.24) is 19.5 Å². The molecule has 0 fully saturated rings. The summed E-state index contributed by atoms with van der Waals surface area (Å²) in [5.74, 6) is 0.890. The predicted octanol–water partition coefficient (Wildman–Crippen LogP) is 1.09. The van der Waals surface area contributed by atoms with Crippen LogP contribution in [0.4, 0.5) is 5.82 Å². The third kappa shape index (κ3) is 2.30. The molecular formula is C11H17N5. The molecule has 5 nitrogen and oxygen atoms in total. The molecule has 0 aromatic carbocycles. The third-order valence-electron chi connectivity index (χ3n) is 2.72. The molecule has 0 aliphatic carbocycles. The second-order valence-corrected chi connectivity index (χ2v) is 4.14. The molecule has 1 N–H and O–H groups in total. The highest BCUT2D eigenvalue weighted by Crippen LogP contribution is 2.06. The zero-order valence-electron chi connectivity index (χ0n) is 9.88. The monoisotopic (exact) mass is 219 g/mol. The second kappa shape index (κ2) is 4.49. The topological polar surface area (TPSA) is 45.5 Å². The van der Waals surface area contributed by atoms with Gasteiger partial charge >= 0.3 is 0 Å². The molecule has 0 spiro atoms. The maximum atomic E-state index is 4.44. The Bertz CT molecular complexity index is 462. The van der Waals surface area contributed by atoms with Crippen molar-refractivity contribution < 1.29 is 0 Å². The van der Waals surface area contributed by atoms with Gasteiger partial charge in [-0.2, -0.15) is 5.10 Å². The Kier molecular flexibility index (Phi) is 3.05. The molecule has 0 bridgehead atoms. The minimum Gasteiger partial charge on any atom is -0.368 e. The molecule has 0 radical (unpaired) electrons. The molecule has 1 atom stereocenters. The van der Waals surface area contributed by atoms with Crippen LogP contribution in [-0.4, -0.2) is 46.2 Å². The summed E-state index contributed by atoms with van der Waals surface area (Å²) in [4.78, 5) is 6.61. The lowest BCUT2D eigenvalue weighted by Gasteiger charge is -2.20. The molecule has 86 valence electrons. The largest absolute Gasteiger partial charge is 0.368 e. The fourth-order valence-electron chi connectivity index (χ4n) is 1.35. The van der Waals surface area contributed by atoms with Gasteiger partial charge in [0.1, 0.15) is 5.82 Å². The Morgan fingerprint density at radius 2 is 2.25 bits per heavy atom. The fraction of sp³-hybridized carbons (Fsp3) is 0.455. The molecular weight excluding hydrogens is 202 g/mol. The number of nitrogens with one attached hydrogen (secondary N) is 1. The first kappa shape index (κ1) is 10.9. The van der Waals surface area contributed by atoms with Crippen LogP contribution in [0.1, 0.15) is 6.92 Å². The van der Waals surface area contributed by atoms with E-state index in [4.69, 9.17) is 0 Å². The van der Waals surface area contributed by atoms with E-state index in [9.17, 15) is 0 Å². The Balaban J connectivity index is 2.04. The number of hydrogen-bond donors (Lipinski definition) is 1. The minimum absolute atomic E-state index is 0.475. The molecule has 5 heteroatoms. The molecule has 2 aromatic rings. The van der Waals surface area contributed by atoms with E-state index in [-0.39, 0.29) is 0 Å². The van der Waals surface area contributed by atoms with E-state index in [0.29, 0.717) is 6.04 Å². The number of anilines is 1. The van der Waals surface area contributed by atoms with Crippen molar-refractivity contribution in [3.05, 3.63) is 24.5 Å². The molecule has 0 amide bonds. The highest BCUT2D eigenvalue weighted by Gasteiger charge is 2.04. The van der Waals surface area contributed by atoms with Gasteiger partial charge in [-0.1, -0.05) is 0 Å². The van der Waals surface area contributed by atoms with Crippen LogP contribution in [0.25, 0.3) is 5.65 Å². The molecule has 1 unspecified atom stereocenters. The van der Waals surface area contributed by atoms with Crippen LogP contribution in [0.15, 0.2) is 24.5 Å². The van der Waals surface area contributed by atoms with E-state index in [2.05, 4.69) is 41.3 Å². The van der Waals surface area contributed by atoms with Crippen LogP contribution in [0, 0.1) is 0 Å². The summed E-state index contributed by atoms with van der Waals surface area (Å²) in [5, 5.41) is 7.42. The van der Waals surface area contributed by atoms with Crippen molar-refractivity contribution in [2.24, 2.45) is 0 Å². The van der Waals surface area contributed by atoms with Gasteiger partial charge < -0.3 is 10.2 Å². The number of aromatic nitrogens is 3. The Labute approximate surface area is 95.1 Å². The Hall–Kier alpha value is -1.62. The molecule has 2 heterocycles. The van der Waals surface area contributed by atoms with Crippen LogP contribution < -0.4 is 5.32 Å². The standard InChI is InChI=1S/C11H17N5/c1-9(15(2)3)8-12-10-5-7-16-11(14-10)4-6-13-16/h4-7,9H,8H2,1-3H3,(H,12,14). The zero-order chi connectivity index (χ0) is 11.5. The third-order valence-corrected chi connectivity index (χ3v) is 2.72. The smallest absolute Gasteiger partial charge is 0.157 e. The highest BCUT2D eigenvalue weighted by atomic mass is 15.2. The fourth-order valence-corrected chi connectivity index (χ4v) is 1.35. The molecule has 0 aliphatic heterocycles. The van der Waals surface area contributed by atoms with E-state index >= 15 is 0 Å². The zero-order valence-corrected chi connectivity index (χ0v) is 9.88. The van der Waals surface area contributed by atoms with Crippen molar-refractivity contribution in [3.8, 4) is 0 Å². The van der Waals surface area contributed by atoms with Gasteiger partial charge in [0.25, 0.3) is 0 Å². The van der Waals surface area contributed by atoms with Gasteiger partial charge in [-0.05, 0) is 27.1 Å². The highest BCUT2D eigenvalue weighted by molar-refractivity contribution is 5.45. The summed E-state index contributed by atoms with van der Waals surface area (Å²) in [6.07, 6.45) is 3.65. The lowest BCUT2D eigenvalue weighted by Crippen LogP contribution is -2.31. The number of rotatable bonds is 4. The average Bonchev–Trinajstić information content (AvgIpc) is 2.72.